The molecule has 0 fully saturated rings. The normalized spacial score (nSPS) is 10.7. The number of nitrogens with zero attached hydrogens (tertiary/aromatic N) is 1. The summed E-state index contributed by atoms with van der Waals surface area (Å²) in [4.78, 5) is 11.9. The van der Waals surface area contributed by atoms with E-state index in [9.17, 15) is 13.2 Å². The van der Waals surface area contributed by atoms with Gasteiger partial charge in [0.05, 0.1) is 22.1 Å². The third kappa shape index (κ3) is 3.45. The first-order chi connectivity index (χ1) is 9.91. The number of amides is 1. The molecule has 2 aromatic rings. The van der Waals surface area contributed by atoms with Crippen molar-refractivity contribution in [3.8, 4) is 6.07 Å². The van der Waals surface area contributed by atoms with Crippen molar-refractivity contribution < 1.29 is 13.2 Å². The highest BCUT2D eigenvalue weighted by atomic mass is 32.2. The highest BCUT2D eigenvalue weighted by Crippen LogP contribution is 2.16. The van der Waals surface area contributed by atoms with Gasteiger partial charge in [-0.05, 0) is 36.4 Å². The molecular formula is C14H11N3O3S. The first-order valence-electron chi connectivity index (χ1n) is 5.85. The molecule has 3 N–H and O–H groups in total. The lowest BCUT2D eigenvalue weighted by atomic mass is 10.2. The summed E-state index contributed by atoms with van der Waals surface area (Å²) >= 11 is 0. The predicted molar refractivity (Wildman–Crippen MR) is 76.9 cm³/mol. The Morgan fingerprint density at radius 2 is 1.71 bits per heavy atom. The summed E-state index contributed by atoms with van der Waals surface area (Å²) in [6.45, 7) is 0. The van der Waals surface area contributed by atoms with Crippen molar-refractivity contribution in [2.45, 2.75) is 4.90 Å². The Hall–Kier alpha value is -2.69. The lowest BCUT2D eigenvalue weighted by Crippen LogP contribution is -2.20. The van der Waals surface area contributed by atoms with E-state index in [2.05, 4.69) is 5.32 Å². The summed E-state index contributed by atoms with van der Waals surface area (Å²) in [7, 11) is -3.99. The van der Waals surface area contributed by atoms with Crippen molar-refractivity contribution in [2.24, 2.45) is 5.14 Å². The number of carbonyl (C=O) groups is 1. The number of anilines is 1. The highest BCUT2D eigenvalue weighted by molar-refractivity contribution is 7.89. The van der Waals surface area contributed by atoms with Crippen LogP contribution < -0.4 is 10.5 Å². The van der Waals surface area contributed by atoms with Crippen LogP contribution in [-0.2, 0) is 10.0 Å². The fourth-order valence-electron chi connectivity index (χ4n) is 1.73. The first-order valence-corrected chi connectivity index (χ1v) is 7.40. The maximum atomic E-state index is 12.1. The molecule has 2 aromatic carbocycles. The van der Waals surface area contributed by atoms with Gasteiger partial charge < -0.3 is 5.32 Å². The van der Waals surface area contributed by atoms with Crippen LogP contribution in [0.15, 0.2) is 53.4 Å². The van der Waals surface area contributed by atoms with Crippen LogP contribution >= 0.6 is 0 Å². The Balaban J connectivity index is 2.31. The van der Waals surface area contributed by atoms with E-state index in [0.29, 0.717) is 11.3 Å². The van der Waals surface area contributed by atoms with Gasteiger partial charge in [-0.15, -0.1) is 0 Å². The third-order valence-electron chi connectivity index (χ3n) is 2.71. The van der Waals surface area contributed by atoms with Crippen LogP contribution in [0, 0.1) is 11.3 Å². The van der Waals surface area contributed by atoms with Gasteiger partial charge in [-0.1, -0.05) is 12.1 Å². The fourth-order valence-corrected chi connectivity index (χ4v) is 2.46. The fraction of sp³-hybridized carbons (Fsp3) is 0. The van der Waals surface area contributed by atoms with Gasteiger partial charge in [-0.2, -0.15) is 5.26 Å². The molecule has 0 heterocycles. The topological polar surface area (TPSA) is 113 Å². The lowest BCUT2D eigenvalue weighted by molar-refractivity contribution is 0.102. The second-order valence-electron chi connectivity index (χ2n) is 4.18. The molecule has 0 radical (unpaired) electrons. The van der Waals surface area contributed by atoms with E-state index in [4.69, 9.17) is 10.4 Å². The third-order valence-corrected chi connectivity index (χ3v) is 3.68. The van der Waals surface area contributed by atoms with Gasteiger partial charge in [0.1, 0.15) is 0 Å². The second kappa shape index (κ2) is 5.75. The van der Waals surface area contributed by atoms with Gasteiger partial charge in [0.15, 0.2) is 0 Å². The van der Waals surface area contributed by atoms with E-state index in [0.717, 1.165) is 0 Å². The van der Waals surface area contributed by atoms with Crippen LogP contribution in [0.2, 0.25) is 0 Å². The molecule has 6 nitrogen and oxygen atoms in total. The molecular weight excluding hydrogens is 290 g/mol. The molecule has 0 spiro atoms. The Kier molecular flexibility index (Phi) is 4.03. The number of nitrogens with two attached hydrogens (primary N) is 1. The number of primary sulfonamides is 1. The summed E-state index contributed by atoms with van der Waals surface area (Å²) in [6.07, 6.45) is 0. The van der Waals surface area contributed by atoms with Gasteiger partial charge in [0.25, 0.3) is 5.91 Å². The molecule has 21 heavy (non-hydrogen) atoms. The van der Waals surface area contributed by atoms with Gasteiger partial charge in [-0.25, -0.2) is 13.6 Å². The van der Waals surface area contributed by atoms with Crippen molar-refractivity contribution >= 4 is 21.6 Å². The number of benzene rings is 2. The van der Waals surface area contributed by atoms with Crippen molar-refractivity contribution in [1.29, 1.82) is 5.26 Å². The zero-order valence-electron chi connectivity index (χ0n) is 10.8. The van der Waals surface area contributed by atoms with Crippen LogP contribution in [0.5, 0.6) is 0 Å². The Bertz CT molecular complexity index is 821. The number of nitrogens with one attached hydrogen (secondary N) is 1. The summed E-state index contributed by atoms with van der Waals surface area (Å²) in [5.74, 6) is -0.593. The van der Waals surface area contributed by atoms with E-state index in [1.807, 2.05) is 6.07 Å². The molecule has 106 valence electrons. The smallest absolute Gasteiger partial charge is 0.257 e. The molecule has 0 aliphatic heterocycles. The average molecular weight is 301 g/mol. The molecule has 0 saturated heterocycles. The maximum Gasteiger partial charge on any atom is 0.257 e. The first kappa shape index (κ1) is 14.7. The predicted octanol–water partition coefficient (Wildman–Crippen LogP) is 1.46. The summed E-state index contributed by atoms with van der Waals surface area (Å²) < 4.78 is 22.9. The SMILES string of the molecule is N#Cc1ccc(NC(=O)c2ccccc2S(N)(=O)=O)cc1. The van der Waals surface area contributed by atoms with Gasteiger partial charge in [-0.3, -0.25) is 4.79 Å². The van der Waals surface area contributed by atoms with E-state index in [1.54, 1.807) is 30.3 Å². The summed E-state index contributed by atoms with van der Waals surface area (Å²) in [6, 6.07) is 13.8. The van der Waals surface area contributed by atoms with E-state index in [1.165, 1.54) is 18.2 Å². The van der Waals surface area contributed by atoms with Crippen molar-refractivity contribution in [2.75, 3.05) is 5.32 Å². The van der Waals surface area contributed by atoms with Crippen molar-refractivity contribution in [3.05, 3.63) is 59.7 Å². The Morgan fingerprint density at radius 3 is 2.29 bits per heavy atom. The second-order valence-corrected chi connectivity index (χ2v) is 5.71. The molecule has 0 aliphatic carbocycles. The highest BCUT2D eigenvalue weighted by Gasteiger charge is 2.18. The molecule has 1 amide bonds. The van der Waals surface area contributed by atoms with Gasteiger partial charge in [0, 0.05) is 5.69 Å². The number of nitriles is 1. The number of hydrogen-bond donors (Lipinski definition) is 2. The largest absolute Gasteiger partial charge is 0.322 e. The lowest BCUT2D eigenvalue weighted by Gasteiger charge is -2.08. The molecule has 0 unspecified atom stereocenters. The monoisotopic (exact) mass is 301 g/mol. The Labute approximate surface area is 121 Å². The summed E-state index contributed by atoms with van der Waals surface area (Å²) in [5, 5.41) is 16.3. The standard InChI is InChI=1S/C14H11N3O3S/c15-9-10-5-7-11(8-6-10)17-14(18)12-3-1-2-4-13(12)21(16,19)20/h1-8H,(H,17,18)(H2,16,19,20). The van der Waals surface area contributed by atoms with Gasteiger partial charge >= 0.3 is 0 Å². The number of rotatable bonds is 3. The molecule has 2 rings (SSSR count). The zero-order chi connectivity index (χ0) is 15.5. The van der Waals surface area contributed by atoms with Crippen molar-refractivity contribution in [1.82, 2.24) is 0 Å². The maximum absolute atomic E-state index is 12.1. The number of carbonyl (C=O) groups excluding carboxylic acids is 1. The molecule has 0 saturated carbocycles. The number of hydrogen-bond acceptors (Lipinski definition) is 4. The van der Waals surface area contributed by atoms with Crippen LogP contribution in [-0.4, -0.2) is 14.3 Å². The molecule has 0 bridgehead atoms. The summed E-state index contributed by atoms with van der Waals surface area (Å²) in [5.41, 5.74) is 0.866. The molecule has 7 heteroatoms. The number of sulfonamides is 1. The van der Waals surface area contributed by atoms with E-state index < -0.39 is 15.9 Å². The van der Waals surface area contributed by atoms with Crippen LogP contribution in [0.25, 0.3) is 0 Å². The van der Waals surface area contributed by atoms with Gasteiger partial charge in [0.2, 0.25) is 10.0 Å². The average Bonchev–Trinajstić information content (AvgIpc) is 2.47. The minimum atomic E-state index is -3.99. The minimum absolute atomic E-state index is 0.0376. The van der Waals surface area contributed by atoms with Crippen LogP contribution in [0.1, 0.15) is 15.9 Å². The Morgan fingerprint density at radius 1 is 1.10 bits per heavy atom. The molecule has 0 aromatic heterocycles. The van der Waals surface area contributed by atoms with E-state index in [-0.39, 0.29) is 10.5 Å². The quantitative estimate of drug-likeness (QED) is 0.893. The van der Waals surface area contributed by atoms with Crippen molar-refractivity contribution in [3.63, 3.8) is 0 Å². The zero-order valence-corrected chi connectivity index (χ0v) is 11.6. The molecule has 0 aliphatic rings. The minimum Gasteiger partial charge on any atom is -0.322 e. The molecule has 0 atom stereocenters. The van der Waals surface area contributed by atoms with Crippen LogP contribution in [0.4, 0.5) is 5.69 Å². The van der Waals surface area contributed by atoms with Crippen LogP contribution in [0.3, 0.4) is 0 Å². The van der Waals surface area contributed by atoms with E-state index >= 15 is 0 Å².